The van der Waals surface area contributed by atoms with Crippen LogP contribution in [0.5, 0.6) is 5.75 Å². The molecule has 6 nitrogen and oxygen atoms in total. The molecule has 0 saturated carbocycles. The van der Waals surface area contributed by atoms with E-state index in [0.717, 1.165) is 17.2 Å². The Labute approximate surface area is 160 Å². The number of aryl methyl sites for hydroxylation is 2. The van der Waals surface area contributed by atoms with E-state index < -0.39 is 16.0 Å². The third-order valence-electron chi connectivity index (χ3n) is 4.14. The number of sulfonamides is 1. The van der Waals surface area contributed by atoms with Gasteiger partial charge in [0.1, 0.15) is 11.3 Å². The molecule has 0 radical (unpaired) electrons. The van der Waals surface area contributed by atoms with Crippen LogP contribution in [-0.4, -0.2) is 33.1 Å². The van der Waals surface area contributed by atoms with Crippen molar-refractivity contribution in [3.8, 4) is 5.75 Å². The van der Waals surface area contributed by atoms with Crippen LogP contribution in [0.3, 0.4) is 0 Å². The third kappa shape index (κ3) is 4.42. The molecule has 0 aliphatic carbocycles. The van der Waals surface area contributed by atoms with Gasteiger partial charge in [-0.2, -0.15) is 0 Å². The topological polar surface area (TPSA) is 83.9 Å². The number of carboxylic acid groups (broad SMARTS) is 1. The number of benzene rings is 2. The molecule has 7 heteroatoms. The maximum Gasteiger partial charge on any atom is 0.339 e. The number of hydrogen-bond donors (Lipinski definition) is 1. The van der Waals surface area contributed by atoms with E-state index in [4.69, 9.17) is 4.74 Å². The zero-order valence-corrected chi connectivity index (χ0v) is 17.0. The molecule has 27 heavy (non-hydrogen) atoms. The second-order valence-corrected chi connectivity index (χ2v) is 8.75. The van der Waals surface area contributed by atoms with E-state index in [0.29, 0.717) is 5.69 Å². The van der Waals surface area contributed by atoms with E-state index in [2.05, 4.69) is 0 Å². The van der Waals surface area contributed by atoms with Crippen LogP contribution < -0.4 is 9.04 Å². The van der Waals surface area contributed by atoms with Gasteiger partial charge in [0.15, 0.2) is 0 Å². The van der Waals surface area contributed by atoms with Crippen LogP contribution in [0.2, 0.25) is 0 Å². The number of hydrogen-bond acceptors (Lipinski definition) is 4. The Morgan fingerprint density at radius 2 is 1.81 bits per heavy atom. The summed E-state index contributed by atoms with van der Waals surface area (Å²) in [6.45, 7) is 7.95. The van der Waals surface area contributed by atoms with Crippen molar-refractivity contribution < 1.29 is 23.1 Å². The third-order valence-corrected chi connectivity index (χ3v) is 5.92. The van der Waals surface area contributed by atoms with Crippen LogP contribution in [0.4, 0.5) is 5.69 Å². The summed E-state index contributed by atoms with van der Waals surface area (Å²) in [5.41, 5.74) is 2.27. The van der Waals surface area contributed by atoms with Crippen molar-refractivity contribution in [3.05, 3.63) is 53.1 Å². The molecule has 146 valence electrons. The fourth-order valence-electron chi connectivity index (χ4n) is 2.88. The lowest BCUT2D eigenvalue weighted by atomic mass is 10.1. The zero-order valence-electron chi connectivity index (χ0n) is 16.2. The van der Waals surface area contributed by atoms with Gasteiger partial charge >= 0.3 is 5.97 Å². The monoisotopic (exact) mass is 391 g/mol. The number of ether oxygens (including phenoxy) is 1. The highest BCUT2D eigenvalue weighted by Crippen LogP contribution is 2.30. The van der Waals surface area contributed by atoms with Gasteiger partial charge in [-0.3, -0.25) is 4.31 Å². The maximum atomic E-state index is 13.4. The van der Waals surface area contributed by atoms with E-state index in [1.54, 1.807) is 6.07 Å². The fraction of sp³-hybridized carbons (Fsp3) is 0.350. The van der Waals surface area contributed by atoms with E-state index in [9.17, 15) is 18.3 Å². The Balaban J connectivity index is 2.64. The summed E-state index contributed by atoms with van der Waals surface area (Å²) in [4.78, 5) is 11.4. The second-order valence-electron chi connectivity index (χ2n) is 6.89. The Morgan fingerprint density at radius 1 is 1.15 bits per heavy atom. The van der Waals surface area contributed by atoms with Crippen molar-refractivity contribution >= 4 is 21.7 Å². The smallest absolute Gasteiger partial charge is 0.339 e. The van der Waals surface area contributed by atoms with Gasteiger partial charge in [0.05, 0.1) is 17.7 Å². The first-order valence-corrected chi connectivity index (χ1v) is 10.0. The lowest BCUT2D eigenvalue weighted by Gasteiger charge is -2.28. The molecule has 0 aliphatic rings. The van der Waals surface area contributed by atoms with Gasteiger partial charge in [-0.25, -0.2) is 13.2 Å². The largest absolute Gasteiger partial charge is 0.496 e. The molecule has 2 aromatic carbocycles. The lowest BCUT2D eigenvalue weighted by molar-refractivity contribution is 0.0693. The molecule has 0 aromatic heterocycles. The minimum atomic E-state index is -3.95. The standard InChI is InChI=1S/C20H25NO5S/c1-13(2)12-21(18-8-6-14(3)10-15(18)4)27(24,25)16-7-9-19(26-5)17(11-16)20(22)23/h6-11,13H,12H2,1-5H3,(H,22,23). The summed E-state index contributed by atoms with van der Waals surface area (Å²) in [6.07, 6.45) is 0. The highest BCUT2D eigenvalue weighted by molar-refractivity contribution is 7.92. The van der Waals surface area contributed by atoms with Crippen LogP contribution in [0.15, 0.2) is 41.3 Å². The molecule has 2 rings (SSSR count). The van der Waals surface area contributed by atoms with Gasteiger partial charge in [0.2, 0.25) is 0 Å². The molecule has 0 bridgehead atoms. The SMILES string of the molecule is COc1ccc(S(=O)(=O)N(CC(C)C)c2ccc(C)cc2C)cc1C(=O)O. The van der Waals surface area contributed by atoms with Gasteiger partial charge < -0.3 is 9.84 Å². The first-order chi connectivity index (χ1) is 12.6. The highest BCUT2D eigenvalue weighted by atomic mass is 32.2. The van der Waals surface area contributed by atoms with Crippen molar-refractivity contribution in [2.24, 2.45) is 5.92 Å². The van der Waals surface area contributed by atoms with Gasteiger partial charge in [-0.15, -0.1) is 0 Å². The summed E-state index contributed by atoms with van der Waals surface area (Å²) in [5, 5.41) is 9.37. The molecule has 0 amide bonds. The second kappa shape index (κ2) is 8.00. The minimum absolute atomic E-state index is 0.0812. The highest BCUT2D eigenvalue weighted by Gasteiger charge is 2.28. The number of rotatable bonds is 7. The average molecular weight is 391 g/mol. The Morgan fingerprint density at radius 3 is 2.33 bits per heavy atom. The van der Waals surface area contributed by atoms with Gasteiger partial charge in [0.25, 0.3) is 10.0 Å². The summed E-state index contributed by atoms with van der Waals surface area (Å²) in [6, 6.07) is 9.46. The Hall–Kier alpha value is -2.54. The van der Waals surface area contributed by atoms with E-state index >= 15 is 0 Å². The van der Waals surface area contributed by atoms with E-state index in [1.165, 1.54) is 23.5 Å². The predicted octanol–water partition coefficient (Wildman–Crippen LogP) is 3.86. The normalized spacial score (nSPS) is 11.5. The first kappa shape index (κ1) is 20.8. The molecule has 0 fully saturated rings. The maximum absolute atomic E-state index is 13.4. The average Bonchev–Trinajstić information content (AvgIpc) is 2.59. The molecular formula is C20H25NO5S. The number of carbonyl (C=O) groups is 1. The number of methoxy groups -OCH3 is 1. The Kier molecular flexibility index (Phi) is 6.15. The number of anilines is 1. The molecule has 0 unspecified atom stereocenters. The quantitative estimate of drug-likeness (QED) is 0.775. The van der Waals surface area contributed by atoms with Crippen LogP contribution >= 0.6 is 0 Å². The van der Waals surface area contributed by atoms with E-state index in [1.807, 2.05) is 39.8 Å². The van der Waals surface area contributed by atoms with Crippen LogP contribution in [0, 0.1) is 19.8 Å². The summed E-state index contributed by atoms with van der Waals surface area (Å²) < 4.78 is 33.1. The number of aromatic carboxylic acids is 1. The lowest BCUT2D eigenvalue weighted by Crippen LogP contribution is -2.35. The molecular weight excluding hydrogens is 366 g/mol. The molecule has 0 heterocycles. The fourth-order valence-corrected chi connectivity index (χ4v) is 4.60. The predicted molar refractivity (Wildman–Crippen MR) is 105 cm³/mol. The number of carboxylic acids is 1. The molecule has 0 aliphatic heterocycles. The van der Waals surface area contributed by atoms with Gasteiger partial charge in [-0.1, -0.05) is 31.5 Å². The van der Waals surface area contributed by atoms with Crippen molar-refractivity contribution in [3.63, 3.8) is 0 Å². The van der Waals surface area contributed by atoms with Crippen LogP contribution in [0.1, 0.15) is 35.3 Å². The Bertz CT molecular complexity index is 951. The van der Waals surface area contributed by atoms with Crippen molar-refractivity contribution in [1.29, 1.82) is 0 Å². The summed E-state index contributed by atoms with van der Waals surface area (Å²) >= 11 is 0. The van der Waals surface area contributed by atoms with E-state index in [-0.39, 0.29) is 28.7 Å². The zero-order chi connectivity index (χ0) is 20.4. The van der Waals surface area contributed by atoms with Gasteiger partial charge in [-0.05, 0) is 49.6 Å². The minimum Gasteiger partial charge on any atom is -0.496 e. The van der Waals surface area contributed by atoms with Gasteiger partial charge in [0, 0.05) is 6.54 Å². The number of nitrogens with zero attached hydrogens (tertiary/aromatic N) is 1. The first-order valence-electron chi connectivity index (χ1n) is 8.59. The van der Waals surface area contributed by atoms with Crippen LogP contribution in [0.25, 0.3) is 0 Å². The summed E-state index contributed by atoms with van der Waals surface area (Å²) in [7, 11) is -2.61. The van der Waals surface area contributed by atoms with Crippen molar-refractivity contribution in [1.82, 2.24) is 0 Å². The molecule has 0 saturated heterocycles. The molecule has 0 atom stereocenters. The molecule has 2 aromatic rings. The molecule has 1 N–H and O–H groups in total. The van der Waals surface area contributed by atoms with Crippen molar-refractivity contribution in [2.75, 3.05) is 18.0 Å². The molecule has 0 spiro atoms. The van der Waals surface area contributed by atoms with Crippen LogP contribution in [-0.2, 0) is 10.0 Å². The summed E-state index contributed by atoms with van der Waals surface area (Å²) in [5.74, 6) is -1.05. The van der Waals surface area contributed by atoms with Crippen molar-refractivity contribution in [2.45, 2.75) is 32.6 Å².